The van der Waals surface area contributed by atoms with Gasteiger partial charge in [-0.2, -0.15) is 0 Å². The van der Waals surface area contributed by atoms with Gasteiger partial charge < -0.3 is 25.4 Å². The maximum Gasteiger partial charge on any atom is 0.224 e. The van der Waals surface area contributed by atoms with E-state index in [-0.39, 0.29) is 17.9 Å². The number of piperidine rings is 1. The minimum atomic E-state index is -0.0594. The second-order valence-electron chi connectivity index (χ2n) is 7.58. The summed E-state index contributed by atoms with van der Waals surface area (Å²) >= 11 is 0. The quantitative estimate of drug-likeness (QED) is 0.442. The number of carbonyl (C=O) groups is 1. The van der Waals surface area contributed by atoms with Gasteiger partial charge in [-0.25, -0.2) is 0 Å². The number of aliphatic hydroxyl groups excluding tert-OH is 1. The largest absolute Gasteiger partial charge is 0.396 e. The lowest BCUT2D eigenvalue weighted by Crippen LogP contribution is -2.44. The molecule has 26 heavy (non-hydrogen) atoms. The van der Waals surface area contributed by atoms with Crippen LogP contribution in [0.1, 0.15) is 52.4 Å². The molecule has 7 nitrogen and oxygen atoms in total. The van der Waals surface area contributed by atoms with E-state index in [9.17, 15) is 9.90 Å². The van der Waals surface area contributed by atoms with Gasteiger partial charge in [-0.05, 0) is 46.0 Å². The molecular weight excluding hydrogens is 332 g/mol. The number of rotatable bonds is 8. The number of carbonyl (C=O) groups excluding carboxylic acids is 1. The van der Waals surface area contributed by atoms with Crippen LogP contribution in [0.5, 0.6) is 0 Å². The van der Waals surface area contributed by atoms with E-state index < -0.39 is 0 Å². The van der Waals surface area contributed by atoms with Gasteiger partial charge in [0.1, 0.15) is 0 Å². The molecule has 0 spiro atoms. The zero-order valence-electron chi connectivity index (χ0n) is 16.4. The van der Waals surface area contributed by atoms with Gasteiger partial charge >= 0.3 is 0 Å². The maximum absolute atomic E-state index is 12.4. The van der Waals surface area contributed by atoms with Crippen molar-refractivity contribution in [2.24, 2.45) is 10.4 Å². The fourth-order valence-corrected chi connectivity index (χ4v) is 3.78. The van der Waals surface area contributed by atoms with Crippen LogP contribution in [0.2, 0.25) is 0 Å². The number of hydrogen-bond donors (Lipinski definition) is 3. The summed E-state index contributed by atoms with van der Waals surface area (Å²) < 4.78 is 5.52. The second-order valence-corrected chi connectivity index (χ2v) is 7.58. The number of amides is 1. The van der Waals surface area contributed by atoms with Crippen LogP contribution in [0.25, 0.3) is 0 Å². The molecule has 0 saturated carbocycles. The van der Waals surface area contributed by atoms with Crippen LogP contribution in [0.3, 0.4) is 0 Å². The van der Waals surface area contributed by atoms with Gasteiger partial charge in [0, 0.05) is 50.7 Å². The first kappa shape index (κ1) is 21.0. The number of nitrogens with one attached hydrogen (secondary N) is 2. The summed E-state index contributed by atoms with van der Waals surface area (Å²) in [6, 6.07) is 0.360. The van der Waals surface area contributed by atoms with E-state index in [4.69, 9.17) is 4.74 Å². The SMILES string of the molecule is CCNC(=NCC1(CCO)CCOC1)NCCC(=O)N1CCCCC1C. The molecule has 0 bridgehead atoms. The lowest BCUT2D eigenvalue weighted by molar-refractivity contribution is -0.134. The van der Waals surface area contributed by atoms with Gasteiger partial charge in [0.05, 0.1) is 13.2 Å². The molecule has 2 fully saturated rings. The molecule has 2 unspecified atom stereocenters. The minimum Gasteiger partial charge on any atom is -0.396 e. The van der Waals surface area contributed by atoms with Gasteiger partial charge in [0.15, 0.2) is 5.96 Å². The summed E-state index contributed by atoms with van der Waals surface area (Å²) in [5, 5.41) is 15.8. The fourth-order valence-electron chi connectivity index (χ4n) is 3.78. The molecule has 0 aliphatic carbocycles. The highest BCUT2D eigenvalue weighted by Crippen LogP contribution is 2.32. The zero-order chi connectivity index (χ0) is 18.8. The summed E-state index contributed by atoms with van der Waals surface area (Å²) in [4.78, 5) is 19.1. The number of ether oxygens (including phenoxy) is 1. The number of aliphatic hydroxyl groups is 1. The Bertz CT molecular complexity index is 464. The van der Waals surface area contributed by atoms with Gasteiger partial charge in [0.25, 0.3) is 0 Å². The minimum absolute atomic E-state index is 0.0594. The molecular formula is C19H36N4O3. The Labute approximate surface area is 157 Å². The Hall–Kier alpha value is -1.34. The van der Waals surface area contributed by atoms with E-state index in [1.54, 1.807) is 0 Å². The van der Waals surface area contributed by atoms with Gasteiger partial charge in [-0.1, -0.05) is 0 Å². The van der Waals surface area contributed by atoms with E-state index in [2.05, 4.69) is 22.5 Å². The highest BCUT2D eigenvalue weighted by atomic mass is 16.5. The van der Waals surface area contributed by atoms with E-state index in [0.29, 0.717) is 38.6 Å². The van der Waals surface area contributed by atoms with Crippen LogP contribution in [0, 0.1) is 5.41 Å². The van der Waals surface area contributed by atoms with Crippen LogP contribution in [-0.4, -0.2) is 73.9 Å². The number of guanidine groups is 1. The molecule has 2 saturated heterocycles. The van der Waals surface area contributed by atoms with Crippen molar-refractivity contribution in [2.45, 2.75) is 58.4 Å². The van der Waals surface area contributed by atoms with Gasteiger partial charge in [0.2, 0.25) is 5.91 Å². The summed E-state index contributed by atoms with van der Waals surface area (Å²) in [6.45, 7) is 8.58. The zero-order valence-corrected chi connectivity index (χ0v) is 16.4. The molecule has 2 aliphatic heterocycles. The third-order valence-corrected chi connectivity index (χ3v) is 5.50. The summed E-state index contributed by atoms with van der Waals surface area (Å²) in [5.74, 6) is 0.956. The second kappa shape index (κ2) is 10.7. The average Bonchev–Trinajstić information content (AvgIpc) is 3.09. The smallest absolute Gasteiger partial charge is 0.224 e. The molecule has 0 radical (unpaired) electrons. The lowest BCUT2D eigenvalue weighted by Gasteiger charge is -2.33. The first-order chi connectivity index (χ1) is 12.6. The Morgan fingerprint density at radius 3 is 2.88 bits per heavy atom. The van der Waals surface area contributed by atoms with Crippen LogP contribution in [-0.2, 0) is 9.53 Å². The Morgan fingerprint density at radius 1 is 1.38 bits per heavy atom. The van der Waals surface area contributed by atoms with Crippen molar-refractivity contribution < 1.29 is 14.6 Å². The lowest BCUT2D eigenvalue weighted by atomic mass is 9.84. The van der Waals surface area contributed by atoms with Gasteiger partial charge in [-0.3, -0.25) is 9.79 Å². The molecule has 0 aromatic carbocycles. The van der Waals surface area contributed by atoms with Crippen molar-refractivity contribution in [2.75, 3.05) is 46.0 Å². The summed E-state index contributed by atoms with van der Waals surface area (Å²) in [6.07, 6.45) is 5.57. The topological polar surface area (TPSA) is 86.2 Å². The third-order valence-electron chi connectivity index (χ3n) is 5.50. The molecule has 0 aromatic rings. The number of hydrogen-bond acceptors (Lipinski definition) is 4. The van der Waals surface area contributed by atoms with Crippen molar-refractivity contribution >= 4 is 11.9 Å². The highest BCUT2D eigenvalue weighted by molar-refractivity contribution is 5.81. The first-order valence-corrected chi connectivity index (χ1v) is 10.1. The predicted octanol–water partition coefficient (Wildman–Crippen LogP) is 1.12. The van der Waals surface area contributed by atoms with E-state index >= 15 is 0 Å². The predicted molar refractivity (Wildman–Crippen MR) is 103 cm³/mol. The highest BCUT2D eigenvalue weighted by Gasteiger charge is 2.34. The van der Waals surface area contributed by atoms with Crippen molar-refractivity contribution in [1.82, 2.24) is 15.5 Å². The Kier molecular flexibility index (Phi) is 8.65. The number of aliphatic imine (C=N–C) groups is 1. The molecule has 3 N–H and O–H groups in total. The van der Waals surface area contributed by atoms with Crippen molar-refractivity contribution in [3.63, 3.8) is 0 Å². The fraction of sp³-hybridized carbons (Fsp3) is 0.895. The number of nitrogens with zero attached hydrogens (tertiary/aromatic N) is 2. The van der Waals surface area contributed by atoms with Crippen molar-refractivity contribution in [3.05, 3.63) is 0 Å². The molecule has 2 rings (SSSR count). The molecule has 2 heterocycles. The van der Waals surface area contributed by atoms with E-state index in [0.717, 1.165) is 44.9 Å². The monoisotopic (exact) mass is 368 g/mol. The molecule has 2 aliphatic rings. The summed E-state index contributed by atoms with van der Waals surface area (Å²) in [7, 11) is 0. The standard InChI is InChI=1S/C19H36N4O3/c1-3-20-18(22-14-19(8-12-24)9-13-26-15-19)21-10-7-17(25)23-11-5-4-6-16(23)2/h16,24H,3-15H2,1-2H3,(H2,20,21,22). The Balaban J connectivity index is 1.82. The average molecular weight is 369 g/mol. The molecule has 150 valence electrons. The van der Waals surface area contributed by atoms with E-state index in [1.807, 2.05) is 11.8 Å². The normalized spacial score (nSPS) is 26.8. The van der Waals surface area contributed by atoms with E-state index in [1.165, 1.54) is 6.42 Å². The van der Waals surface area contributed by atoms with Crippen LogP contribution < -0.4 is 10.6 Å². The molecule has 1 amide bonds. The Morgan fingerprint density at radius 2 is 2.23 bits per heavy atom. The maximum atomic E-state index is 12.4. The molecule has 7 heteroatoms. The van der Waals surface area contributed by atoms with Crippen molar-refractivity contribution in [3.8, 4) is 0 Å². The molecule has 2 atom stereocenters. The van der Waals surface area contributed by atoms with Crippen LogP contribution in [0.15, 0.2) is 4.99 Å². The van der Waals surface area contributed by atoms with Crippen LogP contribution >= 0.6 is 0 Å². The number of likely N-dealkylation sites (tertiary alicyclic amines) is 1. The van der Waals surface area contributed by atoms with Gasteiger partial charge in [-0.15, -0.1) is 0 Å². The molecule has 0 aromatic heterocycles. The van der Waals surface area contributed by atoms with Crippen LogP contribution in [0.4, 0.5) is 0 Å². The third kappa shape index (κ3) is 6.13. The summed E-state index contributed by atoms with van der Waals surface area (Å²) in [5.41, 5.74) is -0.0594. The first-order valence-electron chi connectivity index (χ1n) is 10.1. The van der Waals surface area contributed by atoms with Crippen molar-refractivity contribution in [1.29, 1.82) is 0 Å².